The number of rotatable bonds is 5. The lowest BCUT2D eigenvalue weighted by molar-refractivity contribution is 0.277. The van der Waals surface area contributed by atoms with E-state index in [2.05, 4.69) is 20.4 Å². The Morgan fingerprint density at radius 1 is 1.20 bits per heavy atom. The fraction of sp³-hybridized carbons (Fsp3) is 0.588. The first kappa shape index (κ1) is 16.3. The highest BCUT2D eigenvalue weighted by Crippen LogP contribution is 2.35. The van der Waals surface area contributed by atoms with Gasteiger partial charge in [0.2, 0.25) is 11.8 Å². The second kappa shape index (κ2) is 6.59. The predicted octanol–water partition coefficient (Wildman–Crippen LogP) is 2.24. The normalized spacial score (nSPS) is 23.5. The van der Waals surface area contributed by atoms with Gasteiger partial charge < -0.3 is 15.8 Å². The largest absolute Gasteiger partial charge is 0.474 e. The molecule has 0 unspecified atom stereocenters. The van der Waals surface area contributed by atoms with Gasteiger partial charge in [0.15, 0.2) is 5.82 Å². The Labute approximate surface area is 145 Å². The molecule has 2 fully saturated rings. The van der Waals surface area contributed by atoms with Gasteiger partial charge in [0.25, 0.3) is 0 Å². The number of hydrogen-bond donors (Lipinski definition) is 2. The summed E-state index contributed by atoms with van der Waals surface area (Å²) in [5.74, 6) is 0.498. The molecule has 2 saturated carbocycles. The maximum atomic E-state index is 14.4. The fourth-order valence-electron chi connectivity index (χ4n) is 3.14. The minimum atomic E-state index is -0.482. The SMILES string of the molecule is Cn1ncc(-c2nc(NC3CCC(N)CC3)ncc2F)c1OC1CC1. The summed E-state index contributed by atoms with van der Waals surface area (Å²) in [6, 6.07) is 0.550. The summed E-state index contributed by atoms with van der Waals surface area (Å²) in [4.78, 5) is 8.49. The molecule has 0 radical (unpaired) electrons. The van der Waals surface area contributed by atoms with Gasteiger partial charge in [-0.25, -0.2) is 19.0 Å². The molecule has 0 bridgehead atoms. The number of aromatic nitrogens is 4. The topological polar surface area (TPSA) is 90.9 Å². The predicted molar refractivity (Wildman–Crippen MR) is 91.7 cm³/mol. The second-order valence-electron chi connectivity index (χ2n) is 6.95. The third-order valence-corrected chi connectivity index (χ3v) is 4.79. The van der Waals surface area contributed by atoms with Crippen LogP contribution in [-0.2, 0) is 7.05 Å². The van der Waals surface area contributed by atoms with E-state index >= 15 is 0 Å². The van der Waals surface area contributed by atoms with E-state index in [1.165, 1.54) is 6.20 Å². The van der Waals surface area contributed by atoms with Crippen molar-refractivity contribution < 1.29 is 9.13 Å². The van der Waals surface area contributed by atoms with Crippen LogP contribution in [0.2, 0.25) is 0 Å². The lowest BCUT2D eigenvalue weighted by Crippen LogP contribution is -2.33. The molecule has 0 spiro atoms. The summed E-state index contributed by atoms with van der Waals surface area (Å²) in [6.45, 7) is 0. The van der Waals surface area contributed by atoms with Gasteiger partial charge in [0, 0.05) is 19.1 Å². The Bertz CT molecular complexity index is 752. The molecule has 2 aliphatic carbocycles. The number of hydrogen-bond acceptors (Lipinski definition) is 6. The zero-order valence-corrected chi connectivity index (χ0v) is 14.3. The van der Waals surface area contributed by atoms with Crippen molar-refractivity contribution in [1.82, 2.24) is 19.7 Å². The molecule has 25 heavy (non-hydrogen) atoms. The first-order chi connectivity index (χ1) is 12.1. The molecule has 134 valence electrons. The van der Waals surface area contributed by atoms with Crippen LogP contribution in [0.5, 0.6) is 5.88 Å². The van der Waals surface area contributed by atoms with Crippen molar-refractivity contribution >= 4 is 5.95 Å². The molecule has 0 aliphatic heterocycles. The van der Waals surface area contributed by atoms with Crippen molar-refractivity contribution in [2.75, 3.05) is 5.32 Å². The lowest BCUT2D eigenvalue weighted by Gasteiger charge is -2.26. The molecule has 2 heterocycles. The van der Waals surface area contributed by atoms with Crippen molar-refractivity contribution in [3.8, 4) is 17.1 Å². The van der Waals surface area contributed by atoms with Crippen molar-refractivity contribution in [2.45, 2.75) is 56.7 Å². The van der Waals surface area contributed by atoms with E-state index in [0.29, 0.717) is 17.4 Å². The standard InChI is InChI=1S/C17H23FN6O/c1-24-16(25-12-6-7-12)13(8-21-24)15-14(18)9-20-17(23-15)22-11-4-2-10(19)3-5-11/h8-12H,2-7,19H2,1H3,(H,20,22,23). The molecule has 4 rings (SSSR count). The molecule has 0 atom stereocenters. The molecule has 7 nitrogen and oxygen atoms in total. The molecular weight excluding hydrogens is 323 g/mol. The van der Waals surface area contributed by atoms with Crippen molar-refractivity contribution in [3.05, 3.63) is 18.2 Å². The van der Waals surface area contributed by atoms with Gasteiger partial charge in [-0.2, -0.15) is 5.10 Å². The van der Waals surface area contributed by atoms with Crippen LogP contribution in [0.15, 0.2) is 12.4 Å². The molecule has 0 amide bonds. The Balaban J connectivity index is 1.57. The van der Waals surface area contributed by atoms with E-state index in [1.54, 1.807) is 17.9 Å². The van der Waals surface area contributed by atoms with E-state index in [4.69, 9.17) is 10.5 Å². The highest BCUT2D eigenvalue weighted by Gasteiger charge is 2.28. The van der Waals surface area contributed by atoms with E-state index in [1.807, 2.05) is 0 Å². The maximum absolute atomic E-state index is 14.4. The van der Waals surface area contributed by atoms with Gasteiger partial charge in [-0.1, -0.05) is 0 Å². The Kier molecular flexibility index (Phi) is 4.29. The van der Waals surface area contributed by atoms with Gasteiger partial charge in [-0.05, 0) is 38.5 Å². The van der Waals surface area contributed by atoms with E-state index in [0.717, 1.165) is 38.5 Å². The average molecular weight is 346 g/mol. The van der Waals surface area contributed by atoms with Crippen molar-refractivity contribution in [1.29, 1.82) is 0 Å². The van der Waals surface area contributed by atoms with Crippen LogP contribution in [0.3, 0.4) is 0 Å². The number of aryl methyl sites for hydroxylation is 1. The Morgan fingerprint density at radius 2 is 1.96 bits per heavy atom. The highest BCUT2D eigenvalue weighted by molar-refractivity contribution is 5.66. The molecule has 0 saturated heterocycles. The number of nitrogens with one attached hydrogen (secondary N) is 1. The monoisotopic (exact) mass is 346 g/mol. The number of halogens is 1. The molecule has 2 aromatic rings. The highest BCUT2D eigenvalue weighted by atomic mass is 19.1. The molecule has 3 N–H and O–H groups in total. The van der Waals surface area contributed by atoms with Gasteiger partial charge in [0.1, 0.15) is 11.8 Å². The van der Waals surface area contributed by atoms with Crippen LogP contribution in [-0.4, -0.2) is 37.9 Å². The fourth-order valence-corrected chi connectivity index (χ4v) is 3.14. The molecule has 2 aromatic heterocycles. The maximum Gasteiger partial charge on any atom is 0.223 e. The van der Waals surface area contributed by atoms with Crippen LogP contribution >= 0.6 is 0 Å². The molecule has 8 heteroatoms. The lowest BCUT2D eigenvalue weighted by atomic mass is 9.92. The Hall–Kier alpha value is -2.22. The second-order valence-corrected chi connectivity index (χ2v) is 6.95. The van der Waals surface area contributed by atoms with Gasteiger partial charge in [0.05, 0.1) is 18.0 Å². The van der Waals surface area contributed by atoms with E-state index in [-0.39, 0.29) is 23.9 Å². The van der Waals surface area contributed by atoms with Crippen LogP contribution in [0.1, 0.15) is 38.5 Å². The van der Waals surface area contributed by atoms with Gasteiger partial charge in [-0.15, -0.1) is 0 Å². The molecular formula is C17H23FN6O. The van der Waals surface area contributed by atoms with Crippen molar-refractivity contribution in [3.63, 3.8) is 0 Å². The van der Waals surface area contributed by atoms with Gasteiger partial charge >= 0.3 is 0 Å². The minimum Gasteiger partial charge on any atom is -0.474 e. The molecule has 2 aliphatic rings. The number of nitrogens with zero attached hydrogens (tertiary/aromatic N) is 4. The van der Waals surface area contributed by atoms with Crippen LogP contribution in [0, 0.1) is 5.82 Å². The number of ether oxygens (including phenoxy) is 1. The third-order valence-electron chi connectivity index (χ3n) is 4.79. The number of anilines is 1. The zero-order chi connectivity index (χ0) is 17.4. The zero-order valence-electron chi connectivity index (χ0n) is 14.3. The van der Waals surface area contributed by atoms with Crippen LogP contribution in [0.25, 0.3) is 11.3 Å². The smallest absolute Gasteiger partial charge is 0.223 e. The van der Waals surface area contributed by atoms with Crippen LogP contribution in [0.4, 0.5) is 10.3 Å². The van der Waals surface area contributed by atoms with Gasteiger partial charge in [-0.3, -0.25) is 0 Å². The molecule has 0 aromatic carbocycles. The van der Waals surface area contributed by atoms with Crippen LogP contribution < -0.4 is 15.8 Å². The summed E-state index contributed by atoms with van der Waals surface area (Å²) in [6.07, 6.45) is 8.94. The third kappa shape index (κ3) is 3.58. The summed E-state index contributed by atoms with van der Waals surface area (Å²) in [7, 11) is 1.78. The summed E-state index contributed by atoms with van der Waals surface area (Å²) >= 11 is 0. The van der Waals surface area contributed by atoms with E-state index in [9.17, 15) is 4.39 Å². The first-order valence-corrected chi connectivity index (χ1v) is 8.84. The number of nitrogens with two attached hydrogens (primary N) is 1. The Morgan fingerprint density at radius 3 is 2.68 bits per heavy atom. The minimum absolute atomic E-state index is 0.197. The quantitative estimate of drug-likeness (QED) is 0.863. The summed E-state index contributed by atoms with van der Waals surface area (Å²) in [5, 5.41) is 7.50. The average Bonchev–Trinajstić information content (AvgIpc) is 3.35. The summed E-state index contributed by atoms with van der Waals surface area (Å²) < 4.78 is 21.9. The first-order valence-electron chi connectivity index (χ1n) is 8.84. The van der Waals surface area contributed by atoms with E-state index < -0.39 is 5.82 Å². The summed E-state index contributed by atoms with van der Waals surface area (Å²) in [5.41, 5.74) is 6.72. The van der Waals surface area contributed by atoms with Crippen molar-refractivity contribution in [2.24, 2.45) is 12.8 Å².